The summed E-state index contributed by atoms with van der Waals surface area (Å²) in [5, 5.41) is -0.00183. The Bertz CT molecular complexity index is 1570. The number of allylic oxidation sites excluding steroid dienone is 1. The molecule has 45 heavy (non-hydrogen) atoms. The summed E-state index contributed by atoms with van der Waals surface area (Å²) in [6.45, 7) is 10.9. The lowest BCUT2D eigenvalue weighted by Gasteiger charge is -2.43. The zero-order valence-corrected chi connectivity index (χ0v) is 28.6. The van der Waals surface area contributed by atoms with Gasteiger partial charge in [0.05, 0.1) is 23.1 Å². The molecule has 2 aromatic carbocycles. The van der Waals surface area contributed by atoms with Crippen molar-refractivity contribution in [2.45, 2.75) is 88.9 Å². The van der Waals surface area contributed by atoms with Crippen LogP contribution in [0.4, 0.5) is 5.69 Å². The summed E-state index contributed by atoms with van der Waals surface area (Å²) in [5.74, 6) is 0.427. The van der Waals surface area contributed by atoms with E-state index in [0.717, 1.165) is 68.9 Å². The summed E-state index contributed by atoms with van der Waals surface area (Å²) >= 11 is 6.44. The molecule has 0 radical (unpaired) electrons. The Labute approximate surface area is 273 Å². The van der Waals surface area contributed by atoms with Crippen LogP contribution in [0.2, 0.25) is 5.02 Å². The summed E-state index contributed by atoms with van der Waals surface area (Å²) in [7, 11) is -3.91. The number of nitrogens with one attached hydrogen (secondary N) is 1. The predicted molar refractivity (Wildman–Crippen MR) is 180 cm³/mol. The number of benzene rings is 2. The topological polar surface area (TPSA) is 84.9 Å². The van der Waals surface area contributed by atoms with Crippen molar-refractivity contribution in [1.29, 1.82) is 0 Å². The van der Waals surface area contributed by atoms with Crippen LogP contribution in [0.1, 0.15) is 87.7 Å². The standard InChI is InChI=1S/C36H47ClN2O5S/c1-5-30-25(3)21-39-22-35(15-7-10-27-19-29(37)12-13-31(27)35)23-43-33-14-11-28(20-32(33)39)34(40)38-45(41,42)26(4)24(2)9-6-16-36(30)17-8-18-44-36/h6,11-14,16,19-20,24-26,30H,5,7-10,15,17-18,21-23H2,1-4H3,(H,38,40)/b16-6+/t24-,25-,26+,30+,35-,36-/m0/s1. The highest BCUT2D eigenvalue weighted by atomic mass is 35.5. The van der Waals surface area contributed by atoms with Gasteiger partial charge in [-0.05, 0) is 111 Å². The fourth-order valence-corrected chi connectivity index (χ4v) is 9.93. The molecule has 0 unspecified atom stereocenters. The summed E-state index contributed by atoms with van der Waals surface area (Å²) in [6.07, 6.45) is 10.8. The van der Waals surface area contributed by atoms with Crippen molar-refractivity contribution < 1.29 is 22.7 Å². The van der Waals surface area contributed by atoms with Crippen LogP contribution < -0.4 is 14.4 Å². The molecule has 3 aliphatic heterocycles. The molecule has 1 fully saturated rings. The molecule has 3 heterocycles. The highest BCUT2D eigenvalue weighted by Gasteiger charge is 2.45. The number of carbonyl (C=O) groups is 1. The van der Waals surface area contributed by atoms with Crippen LogP contribution in [0.25, 0.3) is 0 Å². The fourth-order valence-electron chi connectivity index (χ4n) is 8.45. The first kappa shape index (κ1) is 32.4. The average Bonchev–Trinajstić information content (AvgIpc) is 3.42. The van der Waals surface area contributed by atoms with Gasteiger partial charge in [-0.2, -0.15) is 0 Å². The minimum absolute atomic E-state index is 0.184. The molecule has 244 valence electrons. The van der Waals surface area contributed by atoms with Gasteiger partial charge in [-0.1, -0.05) is 50.6 Å². The Morgan fingerprint density at radius 1 is 1.07 bits per heavy atom. The number of halogens is 1. The van der Waals surface area contributed by atoms with Crippen molar-refractivity contribution >= 4 is 33.2 Å². The molecule has 4 aliphatic rings. The van der Waals surface area contributed by atoms with E-state index in [0.29, 0.717) is 24.3 Å². The molecule has 2 aromatic rings. The molecule has 1 saturated heterocycles. The molecule has 0 aromatic heterocycles. The molecule has 1 amide bonds. The molecule has 1 aliphatic carbocycles. The molecular weight excluding hydrogens is 608 g/mol. The maximum atomic E-state index is 13.5. The minimum atomic E-state index is -3.91. The average molecular weight is 655 g/mol. The molecule has 0 saturated carbocycles. The Hall–Kier alpha value is -2.55. The van der Waals surface area contributed by atoms with Crippen molar-refractivity contribution in [3.63, 3.8) is 0 Å². The molecule has 2 spiro atoms. The molecule has 2 bridgehead atoms. The lowest BCUT2D eigenvalue weighted by atomic mass is 9.69. The number of amides is 1. The van der Waals surface area contributed by atoms with Crippen LogP contribution >= 0.6 is 11.6 Å². The number of rotatable bonds is 1. The first-order valence-corrected chi connectivity index (χ1v) is 18.6. The second-order valence-corrected chi connectivity index (χ2v) is 16.5. The Morgan fingerprint density at radius 3 is 2.64 bits per heavy atom. The smallest absolute Gasteiger partial charge is 0.264 e. The quantitative estimate of drug-likeness (QED) is 0.331. The number of hydrogen-bond donors (Lipinski definition) is 1. The monoisotopic (exact) mass is 654 g/mol. The van der Waals surface area contributed by atoms with Gasteiger partial charge in [-0.15, -0.1) is 0 Å². The highest BCUT2D eigenvalue weighted by molar-refractivity contribution is 7.90. The number of fused-ring (bicyclic) bond motifs is 3. The van der Waals surface area contributed by atoms with Crippen LogP contribution in [-0.4, -0.2) is 51.5 Å². The van der Waals surface area contributed by atoms with Gasteiger partial charge in [-0.25, -0.2) is 13.1 Å². The van der Waals surface area contributed by atoms with Crippen molar-refractivity contribution in [2.24, 2.45) is 17.8 Å². The Balaban J connectivity index is 1.47. The maximum absolute atomic E-state index is 13.5. The second kappa shape index (κ2) is 12.6. The van der Waals surface area contributed by atoms with Crippen molar-refractivity contribution in [3.8, 4) is 5.75 Å². The molecule has 6 atom stereocenters. The van der Waals surface area contributed by atoms with E-state index >= 15 is 0 Å². The zero-order chi connectivity index (χ0) is 32.0. The fraction of sp³-hybridized carbons (Fsp3) is 0.583. The molecule has 7 nitrogen and oxygen atoms in total. The maximum Gasteiger partial charge on any atom is 0.264 e. The van der Waals surface area contributed by atoms with Crippen LogP contribution in [0.3, 0.4) is 0 Å². The van der Waals surface area contributed by atoms with Gasteiger partial charge in [-0.3, -0.25) is 4.79 Å². The van der Waals surface area contributed by atoms with Gasteiger partial charge in [0.25, 0.3) is 5.91 Å². The number of ether oxygens (including phenoxy) is 2. The number of hydrogen-bond acceptors (Lipinski definition) is 6. The van der Waals surface area contributed by atoms with E-state index in [9.17, 15) is 13.2 Å². The van der Waals surface area contributed by atoms with Crippen molar-refractivity contribution in [1.82, 2.24) is 4.72 Å². The Kier molecular flexibility index (Phi) is 9.05. The summed E-state index contributed by atoms with van der Waals surface area (Å²) in [4.78, 5) is 15.9. The van der Waals surface area contributed by atoms with Gasteiger partial charge in [0.2, 0.25) is 10.0 Å². The summed E-state index contributed by atoms with van der Waals surface area (Å²) in [5.41, 5.74) is 3.04. The lowest BCUT2D eigenvalue weighted by Crippen LogP contribution is -2.48. The number of sulfonamides is 1. The van der Waals surface area contributed by atoms with Crippen LogP contribution in [-0.2, 0) is 26.6 Å². The highest BCUT2D eigenvalue weighted by Crippen LogP contribution is 2.46. The largest absolute Gasteiger partial charge is 0.490 e. The molecule has 6 rings (SSSR count). The number of aryl methyl sites for hydroxylation is 1. The molecule has 1 N–H and O–H groups in total. The minimum Gasteiger partial charge on any atom is -0.490 e. The first-order chi connectivity index (χ1) is 21.5. The third-order valence-corrected chi connectivity index (χ3v) is 13.2. The Morgan fingerprint density at radius 2 is 1.89 bits per heavy atom. The van der Waals surface area contributed by atoms with Crippen LogP contribution in [0.5, 0.6) is 5.75 Å². The van der Waals surface area contributed by atoms with Crippen LogP contribution in [0.15, 0.2) is 48.6 Å². The lowest BCUT2D eigenvalue weighted by molar-refractivity contribution is -0.0241. The molecule has 9 heteroatoms. The van der Waals surface area contributed by atoms with Gasteiger partial charge >= 0.3 is 0 Å². The van der Waals surface area contributed by atoms with E-state index in [1.807, 2.05) is 25.1 Å². The third-order valence-electron chi connectivity index (χ3n) is 11.1. The van der Waals surface area contributed by atoms with Crippen molar-refractivity contribution in [2.75, 3.05) is 31.2 Å². The van der Waals surface area contributed by atoms with E-state index < -0.39 is 21.2 Å². The number of anilines is 1. The second-order valence-electron chi connectivity index (χ2n) is 14.0. The van der Waals surface area contributed by atoms with Gasteiger partial charge in [0, 0.05) is 35.7 Å². The van der Waals surface area contributed by atoms with E-state index in [2.05, 4.69) is 47.8 Å². The van der Waals surface area contributed by atoms with E-state index in [1.165, 1.54) is 11.1 Å². The van der Waals surface area contributed by atoms with Crippen LogP contribution in [0, 0.1) is 17.8 Å². The SMILES string of the molecule is CC[C@@H]1[C@@H](C)CN2C[C@@]3(CCCc4cc(Cl)ccc43)COc3ccc(cc32)C(=O)NS(=O)(=O)[C@H](C)[C@@H](C)C/C=C/[C@]12CCCO2. The summed E-state index contributed by atoms with van der Waals surface area (Å²) < 4.78 is 42.3. The first-order valence-electron chi connectivity index (χ1n) is 16.7. The predicted octanol–water partition coefficient (Wildman–Crippen LogP) is 7.07. The van der Waals surface area contributed by atoms with E-state index in [-0.39, 0.29) is 28.8 Å². The van der Waals surface area contributed by atoms with E-state index in [1.54, 1.807) is 13.0 Å². The number of carbonyl (C=O) groups excluding carboxylic acids is 1. The normalized spacial score (nSPS) is 34.1. The number of nitrogens with zero attached hydrogens (tertiary/aromatic N) is 1. The van der Waals surface area contributed by atoms with Gasteiger partial charge in [0.15, 0.2) is 0 Å². The summed E-state index contributed by atoms with van der Waals surface area (Å²) in [6, 6.07) is 11.6. The van der Waals surface area contributed by atoms with Gasteiger partial charge < -0.3 is 14.4 Å². The third kappa shape index (κ3) is 6.15. The van der Waals surface area contributed by atoms with E-state index in [4.69, 9.17) is 21.1 Å². The molecular formula is C36H47ClN2O5S. The van der Waals surface area contributed by atoms with Gasteiger partial charge in [0.1, 0.15) is 5.75 Å². The zero-order valence-electron chi connectivity index (χ0n) is 27.0. The van der Waals surface area contributed by atoms with Crippen molar-refractivity contribution in [3.05, 3.63) is 70.3 Å².